The van der Waals surface area contributed by atoms with Crippen LogP contribution >= 0.6 is 0 Å². The van der Waals surface area contributed by atoms with Crippen LogP contribution in [0.15, 0.2) is 24.4 Å². The van der Waals surface area contributed by atoms with E-state index in [0.717, 1.165) is 21.1 Å². The number of likely N-dealkylation sites (tertiary alicyclic amines) is 1. The van der Waals surface area contributed by atoms with Crippen molar-refractivity contribution < 1.29 is 37.0 Å². The second kappa shape index (κ2) is 10.3. The third-order valence-corrected chi connectivity index (χ3v) is 6.82. The number of ether oxygens (including phenoxy) is 1. The topological polar surface area (TPSA) is 127 Å². The van der Waals surface area contributed by atoms with Gasteiger partial charge >= 0.3 is 6.09 Å². The molecule has 1 saturated heterocycles. The second-order valence-corrected chi connectivity index (χ2v) is 9.48. The summed E-state index contributed by atoms with van der Waals surface area (Å²) < 4.78 is 60.5. The molecule has 192 valence electrons. The van der Waals surface area contributed by atoms with E-state index in [1.165, 1.54) is 31.0 Å². The van der Waals surface area contributed by atoms with Gasteiger partial charge < -0.3 is 29.2 Å². The van der Waals surface area contributed by atoms with Crippen molar-refractivity contribution in [2.75, 3.05) is 35.9 Å². The lowest BCUT2D eigenvalue weighted by Crippen LogP contribution is -2.49. The number of carbonyl (C=O) groups is 2. The highest BCUT2D eigenvalue weighted by atomic mass is 32.2. The fourth-order valence-corrected chi connectivity index (χ4v) is 4.98. The Kier molecular flexibility index (Phi) is 7.82. The average molecular weight is 514 g/mol. The number of amides is 2. The molecule has 1 aromatic carbocycles. The Morgan fingerprint density at radius 2 is 2.09 bits per heavy atom. The van der Waals surface area contributed by atoms with Crippen molar-refractivity contribution in [1.82, 2.24) is 9.47 Å². The summed E-state index contributed by atoms with van der Waals surface area (Å²) in [6, 6.07) is 2.81. The highest BCUT2D eigenvalue weighted by molar-refractivity contribution is 7.80. The summed E-state index contributed by atoms with van der Waals surface area (Å²) in [5.41, 5.74) is -1.50. The van der Waals surface area contributed by atoms with Crippen LogP contribution in [0.4, 0.5) is 25.0 Å². The Bertz CT molecular complexity index is 1160. The second-order valence-electron chi connectivity index (χ2n) is 8.66. The van der Waals surface area contributed by atoms with Gasteiger partial charge in [-0.2, -0.15) is 0 Å². The molecule has 1 fully saturated rings. The van der Waals surface area contributed by atoms with Crippen LogP contribution in [0.1, 0.15) is 29.9 Å². The van der Waals surface area contributed by atoms with Gasteiger partial charge in [0.05, 0.1) is 19.3 Å². The van der Waals surface area contributed by atoms with E-state index in [0.29, 0.717) is 0 Å². The first-order valence-corrected chi connectivity index (χ1v) is 11.8. The number of rotatable bonds is 7. The molecule has 0 radical (unpaired) electrons. The fraction of sp³-hybridized carbons (Fsp3) is 0.455. The van der Waals surface area contributed by atoms with Crippen molar-refractivity contribution in [3.8, 4) is 0 Å². The van der Waals surface area contributed by atoms with Gasteiger partial charge in [0.15, 0.2) is 5.82 Å². The normalized spacial score (nSPS) is 20.6. The van der Waals surface area contributed by atoms with Crippen molar-refractivity contribution in [2.24, 2.45) is 12.5 Å². The van der Waals surface area contributed by atoms with Gasteiger partial charge in [0.1, 0.15) is 17.2 Å². The highest BCUT2D eigenvalue weighted by Crippen LogP contribution is 2.39. The minimum absolute atomic E-state index is 0.0214. The van der Waals surface area contributed by atoms with Gasteiger partial charge in [-0.3, -0.25) is 13.3 Å². The van der Waals surface area contributed by atoms with E-state index in [2.05, 4.69) is 5.32 Å². The van der Waals surface area contributed by atoms with Gasteiger partial charge in [-0.25, -0.2) is 13.6 Å². The molecule has 3 atom stereocenters. The zero-order valence-electron chi connectivity index (χ0n) is 19.7. The third kappa shape index (κ3) is 5.16. The summed E-state index contributed by atoms with van der Waals surface area (Å²) in [7, 11) is 1.37. The number of aliphatic hydroxyl groups is 1. The zero-order valence-corrected chi connectivity index (χ0v) is 20.5. The van der Waals surface area contributed by atoms with E-state index in [1.807, 2.05) is 0 Å². The molecule has 1 aliphatic rings. The average Bonchev–Trinajstić information content (AvgIpc) is 3.28. The standard InChI is InChI=1S/C22H28F2N4O6S/c1-5-34-21(31)27-10-17(22(3,11-27)12-29)28(35(32)33)16-9-26(4)19(18(16)24)20(30)25-14-6-7-15(23)13(2)8-14/h6-9,17,29H,5,10-12H2,1-4H3,(H,25,30)(H,32,33)/p-1. The van der Waals surface area contributed by atoms with Crippen LogP contribution in [0.25, 0.3) is 0 Å². The third-order valence-electron chi connectivity index (χ3n) is 6.05. The molecule has 0 bridgehead atoms. The molecule has 3 unspecified atom stereocenters. The van der Waals surface area contributed by atoms with Gasteiger partial charge in [0, 0.05) is 48.7 Å². The minimum Gasteiger partial charge on any atom is -0.755 e. The van der Waals surface area contributed by atoms with Crippen LogP contribution < -0.4 is 9.62 Å². The molecule has 2 heterocycles. The summed E-state index contributed by atoms with van der Waals surface area (Å²) in [6.45, 7) is 4.13. The van der Waals surface area contributed by atoms with E-state index < -0.39 is 64.3 Å². The lowest BCUT2D eigenvalue weighted by Gasteiger charge is -2.38. The maximum absolute atomic E-state index is 15.6. The number of halogens is 2. The van der Waals surface area contributed by atoms with Crippen molar-refractivity contribution in [3.05, 3.63) is 47.3 Å². The van der Waals surface area contributed by atoms with Gasteiger partial charge in [-0.1, -0.05) is 6.92 Å². The van der Waals surface area contributed by atoms with Crippen molar-refractivity contribution in [1.29, 1.82) is 0 Å². The lowest BCUT2D eigenvalue weighted by atomic mass is 9.86. The van der Waals surface area contributed by atoms with E-state index in [-0.39, 0.29) is 30.9 Å². The molecule has 35 heavy (non-hydrogen) atoms. The van der Waals surface area contributed by atoms with Crippen molar-refractivity contribution in [3.63, 3.8) is 0 Å². The van der Waals surface area contributed by atoms with E-state index >= 15 is 4.39 Å². The Hall–Kier alpha value is -3.03. The number of aliphatic hydroxyl groups excluding tert-OH is 1. The summed E-state index contributed by atoms with van der Waals surface area (Å²) >= 11 is -3.02. The number of aryl methyl sites for hydroxylation is 2. The first-order valence-electron chi connectivity index (χ1n) is 10.8. The molecular formula is C22H27F2N4O6S-. The lowest BCUT2D eigenvalue weighted by molar-refractivity contribution is 0.100. The molecule has 2 amide bonds. The van der Waals surface area contributed by atoms with E-state index in [1.54, 1.807) is 13.8 Å². The monoisotopic (exact) mass is 513 g/mol. The maximum atomic E-state index is 15.6. The molecule has 0 aliphatic carbocycles. The Morgan fingerprint density at radius 3 is 2.66 bits per heavy atom. The van der Waals surface area contributed by atoms with Crippen LogP contribution in [-0.2, 0) is 23.1 Å². The quantitative estimate of drug-likeness (QED) is 0.547. The van der Waals surface area contributed by atoms with Crippen LogP contribution in [-0.4, -0.2) is 67.7 Å². The Balaban J connectivity index is 1.97. The Morgan fingerprint density at radius 1 is 1.40 bits per heavy atom. The SMILES string of the molecule is CCOC(=O)N1CC(N(c2cn(C)c(C(=O)Nc3ccc(F)c(C)c3)c2F)S(=O)[O-])C(C)(CO)C1. The van der Waals surface area contributed by atoms with Crippen LogP contribution in [0.5, 0.6) is 0 Å². The summed E-state index contributed by atoms with van der Waals surface area (Å²) in [5, 5.41) is 12.5. The van der Waals surface area contributed by atoms with Crippen LogP contribution in [0.2, 0.25) is 0 Å². The predicted molar refractivity (Wildman–Crippen MR) is 123 cm³/mol. The fourth-order valence-electron chi connectivity index (χ4n) is 4.16. The van der Waals surface area contributed by atoms with Gasteiger partial charge in [0.2, 0.25) is 0 Å². The highest BCUT2D eigenvalue weighted by Gasteiger charge is 2.49. The van der Waals surface area contributed by atoms with Gasteiger partial charge in [-0.15, -0.1) is 0 Å². The number of hydrogen-bond donors (Lipinski definition) is 2. The molecule has 1 aromatic heterocycles. The molecule has 1 aliphatic heterocycles. The molecule has 2 N–H and O–H groups in total. The molecule has 13 heteroatoms. The number of nitrogens with zero attached hydrogens (tertiary/aromatic N) is 3. The van der Waals surface area contributed by atoms with E-state index in [9.17, 15) is 27.8 Å². The van der Waals surface area contributed by atoms with Crippen LogP contribution in [0.3, 0.4) is 0 Å². The van der Waals surface area contributed by atoms with Crippen molar-refractivity contribution >= 4 is 34.6 Å². The predicted octanol–water partition coefficient (Wildman–Crippen LogP) is 2.30. The largest absolute Gasteiger partial charge is 0.755 e. The Labute approximate surface area is 203 Å². The molecule has 2 aromatic rings. The summed E-state index contributed by atoms with van der Waals surface area (Å²) in [6.07, 6.45) is 0.454. The minimum atomic E-state index is -3.02. The molecule has 0 spiro atoms. The summed E-state index contributed by atoms with van der Waals surface area (Å²) in [4.78, 5) is 26.3. The van der Waals surface area contributed by atoms with E-state index in [4.69, 9.17) is 4.74 Å². The maximum Gasteiger partial charge on any atom is 0.409 e. The number of aromatic nitrogens is 1. The van der Waals surface area contributed by atoms with Gasteiger partial charge in [-0.05, 0) is 37.6 Å². The smallest absolute Gasteiger partial charge is 0.409 e. The number of carbonyl (C=O) groups excluding carboxylic acids is 2. The molecule has 10 nitrogen and oxygen atoms in total. The molecular weight excluding hydrogens is 486 g/mol. The zero-order chi connectivity index (χ0) is 26.1. The molecule has 0 saturated carbocycles. The van der Waals surface area contributed by atoms with Crippen LogP contribution in [0, 0.1) is 24.0 Å². The number of anilines is 2. The first-order chi connectivity index (χ1) is 16.4. The van der Waals surface area contributed by atoms with Crippen molar-refractivity contribution in [2.45, 2.75) is 26.8 Å². The first kappa shape index (κ1) is 26.6. The summed E-state index contributed by atoms with van der Waals surface area (Å²) in [5.74, 6) is -2.45. The molecule has 3 rings (SSSR count). The number of nitrogens with one attached hydrogen (secondary N) is 1. The number of hydrogen-bond acceptors (Lipinski definition) is 6. The van der Waals surface area contributed by atoms with Gasteiger partial charge in [0.25, 0.3) is 5.91 Å². The number of benzene rings is 1.